The van der Waals surface area contributed by atoms with Crippen molar-refractivity contribution in [1.29, 1.82) is 0 Å². The standard InChI is InChI=1S/C41H52N2O7/c42-26-11-1-2-12-27-47-40-41(50-39(46)23-22-32-16-7-4-8-17-32,25-24-33-29-43-35-20-10-9-19-34(33)35)28-36(37(30-44)49-40)48-38(45)21-13-18-31-14-5-3-6-15-31/h3-10,14-17,19-20,29,36-37,40,43-44H,1-2,11-13,18,21-28,30,42H2/t36-,37+,40+,41+/m0/s1. The first kappa shape index (κ1) is 37.2. The molecule has 2 heterocycles. The Morgan fingerprint density at radius 2 is 1.52 bits per heavy atom. The predicted octanol–water partition coefficient (Wildman–Crippen LogP) is 6.59. The Morgan fingerprint density at radius 3 is 2.26 bits per heavy atom. The summed E-state index contributed by atoms with van der Waals surface area (Å²) in [5.41, 5.74) is 8.68. The Balaban J connectivity index is 1.37. The number of esters is 2. The first-order valence-electron chi connectivity index (χ1n) is 18.1. The molecule has 1 saturated heterocycles. The van der Waals surface area contributed by atoms with E-state index < -0.39 is 24.1 Å². The number of H-pyrrole nitrogens is 1. The number of fused-ring (bicyclic) bond motifs is 1. The molecule has 4 aromatic rings. The van der Waals surface area contributed by atoms with Crippen LogP contribution in [0.25, 0.3) is 10.9 Å². The van der Waals surface area contributed by atoms with E-state index in [2.05, 4.69) is 11.1 Å². The van der Waals surface area contributed by atoms with Gasteiger partial charge in [-0.2, -0.15) is 0 Å². The fourth-order valence-electron chi connectivity index (χ4n) is 6.72. The van der Waals surface area contributed by atoms with E-state index in [1.165, 1.54) is 0 Å². The first-order valence-corrected chi connectivity index (χ1v) is 18.1. The maximum atomic E-state index is 13.7. The number of aliphatic hydroxyl groups is 1. The molecule has 0 amide bonds. The number of aromatic nitrogens is 1. The van der Waals surface area contributed by atoms with Crippen molar-refractivity contribution < 1.29 is 33.6 Å². The van der Waals surface area contributed by atoms with Gasteiger partial charge in [-0.3, -0.25) is 9.59 Å². The largest absolute Gasteiger partial charge is 0.459 e. The Bertz CT molecular complexity index is 1590. The Labute approximate surface area is 295 Å². The number of hydrogen-bond acceptors (Lipinski definition) is 8. The van der Waals surface area contributed by atoms with Gasteiger partial charge in [0.25, 0.3) is 0 Å². The van der Waals surface area contributed by atoms with Gasteiger partial charge >= 0.3 is 11.9 Å². The number of hydrogen-bond donors (Lipinski definition) is 3. The summed E-state index contributed by atoms with van der Waals surface area (Å²) in [5, 5.41) is 11.5. The molecule has 1 fully saturated rings. The fraction of sp³-hybridized carbons (Fsp3) is 0.463. The van der Waals surface area contributed by atoms with E-state index in [-0.39, 0.29) is 37.8 Å². The van der Waals surface area contributed by atoms with Crippen molar-refractivity contribution in [2.24, 2.45) is 5.73 Å². The molecule has 9 heteroatoms. The number of aryl methyl sites for hydroxylation is 3. The third kappa shape index (κ3) is 10.7. The average molecular weight is 685 g/mol. The fourth-order valence-corrected chi connectivity index (χ4v) is 6.72. The normalized spacial score (nSPS) is 20.5. The number of unbranched alkanes of at least 4 members (excludes halogenated alkanes) is 3. The van der Waals surface area contributed by atoms with E-state index in [9.17, 15) is 14.7 Å². The lowest BCUT2D eigenvalue weighted by molar-refractivity contribution is -0.314. The van der Waals surface area contributed by atoms with Crippen LogP contribution in [-0.2, 0) is 47.8 Å². The van der Waals surface area contributed by atoms with Crippen molar-refractivity contribution in [3.63, 3.8) is 0 Å². The van der Waals surface area contributed by atoms with Crippen LogP contribution in [0.2, 0.25) is 0 Å². The minimum absolute atomic E-state index is 0.139. The SMILES string of the molecule is NCCCCCCO[C@@H]1O[C@H](CO)[C@@H](OC(=O)CCCc2ccccc2)C[C@@]1(CCc1c[nH]c2ccccc12)OC(=O)CCc1ccccc1. The monoisotopic (exact) mass is 684 g/mol. The highest BCUT2D eigenvalue weighted by atomic mass is 16.7. The molecule has 4 atom stereocenters. The number of carbonyl (C=O) groups excluding carboxylic acids is 2. The van der Waals surface area contributed by atoms with Gasteiger partial charge in [-0.15, -0.1) is 0 Å². The van der Waals surface area contributed by atoms with Gasteiger partial charge < -0.3 is 34.8 Å². The summed E-state index contributed by atoms with van der Waals surface area (Å²) in [4.78, 5) is 30.3. The molecule has 0 aliphatic carbocycles. The van der Waals surface area contributed by atoms with Crippen LogP contribution in [0.1, 0.15) is 74.5 Å². The number of ether oxygens (including phenoxy) is 4. The molecule has 3 aromatic carbocycles. The van der Waals surface area contributed by atoms with E-state index in [0.717, 1.165) is 59.7 Å². The van der Waals surface area contributed by atoms with Gasteiger partial charge in [-0.05, 0) is 74.2 Å². The minimum atomic E-state index is -1.27. The highest BCUT2D eigenvalue weighted by molar-refractivity contribution is 5.83. The molecular weight excluding hydrogens is 632 g/mol. The highest BCUT2D eigenvalue weighted by Gasteiger charge is 2.53. The summed E-state index contributed by atoms with van der Waals surface area (Å²) in [5.74, 6) is -0.767. The second-order valence-electron chi connectivity index (χ2n) is 13.2. The van der Waals surface area contributed by atoms with Gasteiger partial charge in [0, 0.05) is 43.0 Å². The third-order valence-electron chi connectivity index (χ3n) is 9.48. The molecule has 1 aliphatic rings. The number of para-hydroxylation sites is 1. The molecule has 0 spiro atoms. The average Bonchev–Trinajstić information content (AvgIpc) is 3.56. The molecule has 0 radical (unpaired) electrons. The lowest BCUT2D eigenvalue weighted by atomic mass is 9.84. The lowest BCUT2D eigenvalue weighted by Crippen LogP contribution is -2.60. The maximum Gasteiger partial charge on any atom is 0.306 e. The van der Waals surface area contributed by atoms with Gasteiger partial charge in [0.1, 0.15) is 12.2 Å². The zero-order valence-electron chi connectivity index (χ0n) is 29.0. The molecule has 1 aliphatic heterocycles. The first-order chi connectivity index (χ1) is 24.5. The van der Waals surface area contributed by atoms with E-state index in [0.29, 0.717) is 38.8 Å². The summed E-state index contributed by atoms with van der Waals surface area (Å²) >= 11 is 0. The summed E-state index contributed by atoms with van der Waals surface area (Å²) in [7, 11) is 0. The van der Waals surface area contributed by atoms with Crippen LogP contribution in [0, 0.1) is 0 Å². The molecule has 5 rings (SSSR count). The quantitative estimate of drug-likeness (QED) is 0.0702. The molecule has 9 nitrogen and oxygen atoms in total. The summed E-state index contributed by atoms with van der Waals surface area (Å²) in [6.07, 6.45) is 6.32. The highest BCUT2D eigenvalue weighted by Crippen LogP contribution is 2.40. The molecule has 0 saturated carbocycles. The minimum Gasteiger partial charge on any atom is -0.459 e. The zero-order valence-corrected chi connectivity index (χ0v) is 29.0. The van der Waals surface area contributed by atoms with Crippen molar-refractivity contribution in [3.05, 3.63) is 108 Å². The van der Waals surface area contributed by atoms with E-state index in [1.807, 2.05) is 85.1 Å². The molecule has 268 valence electrons. The van der Waals surface area contributed by atoms with Crippen molar-refractivity contribution in [1.82, 2.24) is 4.98 Å². The summed E-state index contributed by atoms with van der Waals surface area (Å²) < 4.78 is 25.4. The maximum absolute atomic E-state index is 13.7. The number of rotatable bonds is 20. The van der Waals surface area contributed by atoms with Crippen LogP contribution >= 0.6 is 0 Å². The predicted molar refractivity (Wildman–Crippen MR) is 193 cm³/mol. The van der Waals surface area contributed by atoms with Crippen LogP contribution in [0.5, 0.6) is 0 Å². The van der Waals surface area contributed by atoms with Crippen LogP contribution in [0.4, 0.5) is 0 Å². The van der Waals surface area contributed by atoms with Crippen LogP contribution in [0.15, 0.2) is 91.1 Å². The van der Waals surface area contributed by atoms with Gasteiger partial charge in [0.05, 0.1) is 6.61 Å². The molecule has 0 unspecified atom stereocenters. The number of nitrogens with one attached hydrogen (secondary N) is 1. The van der Waals surface area contributed by atoms with Crippen molar-refractivity contribution in [2.75, 3.05) is 19.8 Å². The van der Waals surface area contributed by atoms with Gasteiger partial charge in [-0.25, -0.2) is 0 Å². The van der Waals surface area contributed by atoms with E-state index in [1.54, 1.807) is 0 Å². The van der Waals surface area contributed by atoms with Crippen LogP contribution < -0.4 is 5.73 Å². The Hall–Kier alpha value is -4.02. The number of aromatic amines is 1. The Morgan fingerprint density at radius 1 is 0.820 bits per heavy atom. The number of carbonyl (C=O) groups is 2. The van der Waals surface area contributed by atoms with Gasteiger partial charge in [0.15, 0.2) is 11.9 Å². The number of benzene rings is 3. The van der Waals surface area contributed by atoms with E-state index >= 15 is 0 Å². The van der Waals surface area contributed by atoms with Gasteiger partial charge in [0.2, 0.25) is 0 Å². The van der Waals surface area contributed by atoms with Crippen molar-refractivity contribution in [3.8, 4) is 0 Å². The zero-order chi connectivity index (χ0) is 35.0. The summed E-state index contributed by atoms with van der Waals surface area (Å²) in [6.45, 7) is 0.652. The molecule has 4 N–H and O–H groups in total. The lowest BCUT2D eigenvalue weighted by Gasteiger charge is -2.47. The smallest absolute Gasteiger partial charge is 0.306 e. The number of nitrogens with two attached hydrogens (primary N) is 1. The molecule has 50 heavy (non-hydrogen) atoms. The second kappa shape index (κ2) is 19.4. The summed E-state index contributed by atoms with van der Waals surface area (Å²) in [6, 6.07) is 27.9. The van der Waals surface area contributed by atoms with Gasteiger partial charge in [-0.1, -0.05) is 91.7 Å². The van der Waals surface area contributed by atoms with Crippen molar-refractivity contribution >= 4 is 22.8 Å². The number of aliphatic hydroxyl groups excluding tert-OH is 1. The topological polar surface area (TPSA) is 133 Å². The van der Waals surface area contributed by atoms with Crippen molar-refractivity contribution in [2.45, 2.75) is 101 Å². The van der Waals surface area contributed by atoms with Crippen LogP contribution in [-0.4, -0.2) is 65.9 Å². The second-order valence-corrected chi connectivity index (χ2v) is 13.2. The molecule has 1 aromatic heterocycles. The molecule has 0 bridgehead atoms. The third-order valence-corrected chi connectivity index (χ3v) is 9.48. The Kier molecular flexibility index (Phi) is 14.4. The van der Waals surface area contributed by atoms with Crippen LogP contribution in [0.3, 0.4) is 0 Å². The molecular formula is C41H52N2O7. The van der Waals surface area contributed by atoms with E-state index in [4.69, 9.17) is 24.7 Å².